The van der Waals surface area contributed by atoms with Gasteiger partial charge in [0.25, 0.3) is 0 Å². The SMILES string of the molecule is COc1cc2nc(N)n(CCC(C)S(C)=O)c2cc1OC. The molecular formula is C14H21N3O3S. The van der Waals surface area contributed by atoms with Gasteiger partial charge >= 0.3 is 0 Å². The number of nitrogen functional groups attached to an aromatic ring is 1. The van der Waals surface area contributed by atoms with Crippen molar-refractivity contribution in [1.29, 1.82) is 0 Å². The smallest absolute Gasteiger partial charge is 0.201 e. The predicted molar refractivity (Wildman–Crippen MR) is 85.4 cm³/mol. The molecule has 7 heteroatoms. The Balaban J connectivity index is 2.39. The molecule has 0 radical (unpaired) electrons. The van der Waals surface area contributed by atoms with Gasteiger partial charge in [0.1, 0.15) is 0 Å². The second-order valence-electron chi connectivity index (χ2n) is 4.92. The van der Waals surface area contributed by atoms with Gasteiger partial charge < -0.3 is 19.8 Å². The summed E-state index contributed by atoms with van der Waals surface area (Å²) in [6.45, 7) is 2.63. The van der Waals surface area contributed by atoms with Gasteiger partial charge in [-0.05, 0) is 6.42 Å². The van der Waals surface area contributed by atoms with E-state index in [2.05, 4.69) is 4.98 Å². The Morgan fingerprint density at radius 1 is 1.33 bits per heavy atom. The number of imidazole rings is 1. The van der Waals surface area contributed by atoms with Crippen LogP contribution >= 0.6 is 0 Å². The molecule has 0 aliphatic carbocycles. The first kappa shape index (κ1) is 15.6. The lowest BCUT2D eigenvalue weighted by Crippen LogP contribution is -2.14. The van der Waals surface area contributed by atoms with Gasteiger partial charge in [-0.1, -0.05) is 6.92 Å². The molecular weight excluding hydrogens is 290 g/mol. The lowest BCUT2D eigenvalue weighted by Gasteiger charge is -2.12. The summed E-state index contributed by atoms with van der Waals surface area (Å²) >= 11 is 0. The van der Waals surface area contributed by atoms with Gasteiger partial charge in [-0.2, -0.15) is 0 Å². The second kappa shape index (κ2) is 6.34. The molecule has 2 rings (SSSR count). The van der Waals surface area contributed by atoms with Crippen molar-refractivity contribution in [3.05, 3.63) is 12.1 Å². The maximum absolute atomic E-state index is 11.5. The summed E-state index contributed by atoms with van der Waals surface area (Å²) in [5, 5.41) is 0.113. The van der Waals surface area contributed by atoms with E-state index in [1.165, 1.54) is 0 Å². The first-order valence-corrected chi connectivity index (χ1v) is 8.30. The number of benzene rings is 1. The number of aryl methyl sites for hydroxylation is 1. The van der Waals surface area contributed by atoms with Crippen LogP contribution in [0.25, 0.3) is 11.0 Å². The summed E-state index contributed by atoms with van der Waals surface area (Å²) in [6.07, 6.45) is 2.49. The van der Waals surface area contributed by atoms with Crippen LogP contribution in [0.3, 0.4) is 0 Å². The zero-order chi connectivity index (χ0) is 15.6. The van der Waals surface area contributed by atoms with E-state index in [4.69, 9.17) is 15.2 Å². The highest BCUT2D eigenvalue weighted by atomic mass is 32.2. The molecule has 0 saturated heterocycles. The minimum Gasteiger partial charge on any atom is -0.493 e. The first-order chi connectivity index (χ1) is 9.97. The summed E-state index contributed by atoms with van der Waals surface area (Å²) in [7, 11) is 2.34. The van der Waals surface area contributed by atoms with Gasteiger partial charge in [0.05, 0.1) is 25.3 Å². The molecule has 0 saturated carbocycles. The Morgan fingerprint density at radius 3 is 2.52 bits per heavy atom. The van der Waals surface area contributed by atoms with Gasteiger partial charge in [-0.15, -0.1) is 0 Å². The zero-order valence-electron chi connectivity index (χ0n) is 12.8. The fourth-order valence-corrected chi connectivity index (χ4v) is 2.62. The van der Waals surface area contributed by atoms with Crippen LogP contribution in [-0.2, 0) is 17.3 Å². The molecule has 6 nitrogen and oxygen atoms in total. The van der Waals surface area contributed by atoms with Crippen molar-refractivity contribution in [2.24, 2.45) is 0 Å². The van der Waals surface area contributed by atoms with Gasteiger partial charge in [-0.25, -0.2) is 4.98 Å². The Labute approximate surface area is 126 Å². The third-order valence-electron chi connectivity index (χ3n) is 3.61. The molecule has 21 heavy (non-hydrogen) atoms. The van der Waals surface area contributed by atoms with E-state index in [-0.39, 0.29) is 5.25 Å². The van der Waals surface area contributed by atoms with E-state index >= 15 is 0 Å². The number of nitrogens with zero attached hydrogens (tertiary/aromatic N) is 2. The highest BCUT2D eigenvalue weighted by Gasteiger charge is 2.15. The molecule has 0 amide bonds. The quantitative estimate of drug-likeness (QED) is 0.880. The van der Waals surface area contributed by atoms with E-state index in [1.807, 2.05) is 23.6 Å². The summed E-state index contributed by atoms with van der Waals surface area (Å²) in [5.74, 6) is 1.70. The standard InChI is InChI=1S/C14H21N3O3S/c1-9(21(4)18)5-6-17-11-8-13(20-3)12(19-2)7-10(11)16-14(17)15/h7-9H,5-6H2,1-4H3,(H2,15,16). The molecule has 1 heterocycles. The van der Waals surface area contributed by atoms with Gasteiger partial charge in [-0.3, -0.25) is 4.21 Å². The second-order valence-corrected chi connectivity index (χ2v) is 6.72. The van der Waals surface area contributed by atoms with Crippen molar-refractivity contribution >= 4 is 27.8 Å². The Hall–Kier alpha value is -1.76. The fraction of sp³-hybridized carbons (Fsp3) is 0.500. The number of fused-ring (bicyclic) bond motifs is 1. The Morgan fingerprint density at radius 2 is 1.95 bits per heavy atom. The maximum atomic E-state index is 11.5. The van der Waals surface area contributed by atoms with Crippen molar-refractivity contribution in [3.63, 3.8) is 0 Å². The van der Waals surface area contributed by atoms with E-state index in [9.17, 15) is 4.21 Å². The monoisotopic (exact) mass is 311 g/mol. The van der Waals surface area contributed by atoms with Gasteiger partial charge in [0.2, 0.25) is 5.95 Å². The normalized spacial score (nSPS) is 14.1. The molecule has 2 N–H and O–H groups in total. The van der Waals surface area contributed by atoms with Gasteiger partial charge in [0.15, 0.2) is 11.5 Å². The van der Waals surface area contributed by atoms with Crippen molar-refractivity contribution < 1.29 is 13.7 Å². The zero-order valence-corrected chi connectivity index (χ0v) is 13.6. The van der Waals surface area contributed by atoms with Gasteiger partial charge in [0, 0.05) is 41.0 Å². The Kier molecular flexibility index (Phi) is 4.72. The lowest BCUT2D eigenvalue weighted by atomic mass is 10.2. The Bertz CT molecular complexity index is 669. The first-order valence-electron chi connectivity index (χ1n) is 6.67. The van der Waals surface area contributed by atoms with Crippen LogP contribution in [0.15, 0.2) is 12.1 Å². The molecule has 2 atom stereocenters. The van der Waals surface area contributed by atoms with Crippen LogP contribution in [0.5, 0.6) is 11.5 Å². The van der Waals surface area contributed by atoms with Crippen LogP contribution < -0.4 is 15.2 Å². The molecule has 116 valence electrons. The van der Waals surface area contributed by atoms with Crippen molar-refractivity contribution in [2.45, 2.75) is 25.1 Å². The van der Waals surface area contributed by atoms with E-state index in [1.54, 1.807) is 20.5 Å². The molecule has 0 fully saturated rings. The number of methoxy groups -OCH3 is 2. The van der Waals surface area contributed by atoms with Crippen LogP contribution in [-0.4, -0.2) is 39.5 Å². The third kappa shape index (κ3) is 3.12. The molecule has 2 aromatic rings. The average Bonchev–Trinajstić information content (AvgIpc) is 2.77. The summed E-state index contributed by atoms with van der Waals surface area (Å²) in [5.41, 5.74) is 7.64. The summed E-state index contributed by atoms with van der Waals surface area (Å²) in [6, 6.07) is 3.67. The maximum Gasteiger partial charge on any atom is 0.201 e. The number of hydrogen-bond donors (Lipinski definition) is 1. The van der Waals surface area contributed by atoms with E-state index < -0.39 is 10.8 Å². The minimum absolute atomic E-state index is 0.113. The molecule has 0 aliphatic rings. The number of aromatic nitrogens is 2. The van der Waals surface area contributed by atoms with Crippen LogP contribution in [0.4, 0.5) is 5.95 Å². The fourth-order valence-electron chi connectivity index (χ4n) is 2.18. The molecule has 0 aliphatic heterocycles. The lowest BCUT2D eigenvalue weighted by molar-refractivity contribution is 0.355. The topological polar surface area (TPSA) is 79.4 Å². The average molecular weight is 311 g/mol. The van der Waals surface area contributed by atoms with Crippen LogP contribution in [0, 0.1) is 0 Å². The van der Waals surface area contributed by atoms with Crippen molar-refractivity contribution in [1.82, 2.24) is 9.55 Å². The predicted octanol–water partition coefficient (Wildman–Crippen LogP) is 1.79. The largest absolute Gasteiger partial charge is 0.493 e. The highest BCUT2D eigenvalue weighted by Crippen LogP contribution is 2.33. The van der Waals surface area contributed by atoms with E-state index in [0.29, 0.717) is 24.0 Å². The molecule has 0 bridgehead atoms. The molecule has 0 spiro atoms. The summed E-state index contributed by atoms with van der Waals surface area (Å²) in [4.78, 5) is 4.35. The highest BCUT2D eigenvalue weighted by molar-refractivity contribution is 7.84. The molecule has 1 aromatic carbocycles. The number of ether oxygens (including phenoxy) is 2. The minimum atomic E-state index is -0.842. The molecule has 2 unspecified atom stereocenters. The van der Waals surface area contributed by atoms with Crippen LogP contribution in [0.1, 0.15) is 13.3 Å². The number of nitrogens with two attached hydrogens (primary N) is 1. The molecule has 1 aromatic heterocycles. The number of rotatable bonds is 6. The van der Waals surface area contributed by atoms with E-state index in [0.717, 1.165) is 17.5 Å². The number of anilines is 1. The van der Waals surface area contributed by atoms with Crippen molar-refractivity contribution in [2.75, 3.05) is 26.2 Å². The summed E-state index contributed by atoms with van der Waals surface area (Å²) < 4.78 is 24.0. The van der Waals surface area contributed by atoms with Crippen LogP contribution in [0.2, 0.25) is 0 Å². The van der Waals surface area contributed by atoms with Crippen molar-refractivity contribution in [3.8, 4) is 11.5 Å². The third-order valence-corrected chi connectivity index (χ3v) is 4.98. The number of hydrogen-bond acceptors (Lipinski definition) is 5.